The summed E-state index contributed by atoms with van der Waals surface area (Å²) < 4.78 is 8.38. The average molecular weight is 381 g/mol. The van der Waals surface area contributed by atoms with Gasteiger partial charge in [-0.3, -0.25) is 19.1 Å². The molecule has 0 aliphatic heterocycles. The molecule has 146 valence electrons. The van der Waals surface area contributed by atoms with Crippen molar-refractivity contribution in [3.8, 4) is 5.69 Å². The van der Waals surface area contributed by atoms with E-state index in [-0.39, 0.29) is 29.1 Å². The zero-order valence-electron chi connectivity index (χ0n) is 15.9. The maximum absolute atomic E-state index is 12.8. The summed E-state index contributed by atoms with van der Waals surface area (Å²) in [6.45, 7) is 1.36. The van der Waals surface area contributed by atoms with Gasteiger partial charge >= 0.3 is 5.97 Å². The van der Waals surface area contributed by atoms with Crippen molar-refractivity contribution in [3.05, 3.63) is 58.5 Å². The predicted octanol–water partition coefficient (Wildman–Crippen LogP) is 2.18. The summed E-state index contributed by atoms with van der Waals surface area (Å²) >= 11 is 0. The maximum atomic E-state index is 12.8. The molecule has 1 fully saturated rings. The van der Waals surface area contributed by atoms with Crippen LogP contribution in [0, 0.1) is 24.7 Å². The molecule has 1 aromatic heterocycles. The first-order valence-electron chi connectivity index (χ1n) is 9.44. The Labute approximate surface area is 162 Å². The van der Waals surface area contributed by atoms with Gasteiger partial charge < -0.3 is 10.1 Å². The number of carbonyl (C=O) groups is 2. The van der Waals surface area contributed by atoms with Gasteiger partial charge in [0.25, 0.3) is 11.5 Å². The Bertz CT molecular complexity index is 1000. The van der Waals surface area contributed by atoms with Crippen molar-refractivity contribution >= 4 is 17.6 Å². The van der Waals surface area contributed by atoms with Crippen LogP contribution in [0.1, 0.15) is 18.5 Å². The number of nitrogens with one attached hydrogen (secondary N) is 1. The molecule has 0 spiro atoms. The third-order valence-electron chi connectivity index (χ3n) is 5.75. The van der Waals surface area contributed by atoms with Crippen molar-refractivity contribution in [1.29, 1.82) is 0 Å². The first kappa shape index (κ1) is 18.3. The molecule has 2 aliphatic rings. The number of amides is 1. The summed E-state index contributed by atoms with van der Waals surface area (Å²) in [4.78, 5) is 37.3. The number of allylic oxidation sites excluding steroid dienone is 2. The third kappa shape index (κ3) is 3.17. The first-order valence-corrected chi connectivity index (χ1v) is 9.44. The number of hydrogen-bond donors (Lipinski definition) is 1. The lowest BCUT2D eigenvalue weighted by Crippen LogP contribution is -2.28. The van der Waals surface area contributed by atoms with Crippen LogP contribution in [0.4, 0.5) is 5.69 Å². The molecule has 1 aromatic carbocycles. The standard InChI is InChI=1S/C21H23N3O4/c1-13-19(20(26)24(23(13)2)16-6-4-3-5-7-16)22-18(25)12-28-21(27)17-11-14-8-9-15(17)10-14/h3-9,14-15,17H,10-12H2,1-2H3,(H,22,25)/t14-,15-,17+/m0/s1. The largest absolute Gasteiger partial charge is 0.455 e. The second-order valence-electron chi connectivity index (χ2n) is 7.48. The number of nitrogens with zero attached hydrogens (tertiary/aromatic N) is 2. The number of hydrogen-bond acceptors (Lipinski definition) is 4. The molecule has 1 saturated carbocycles. The zero-order chi connectivity index (χ0) is 19.8. The molecule has 1 N–H and O–H groups in total. The second-order valence-corrected chi connectivity index (χ2v) is 7.48. The van der Waals surface area contributed by atoms with Crippen molar-refractivity contribution in [3.63, 3.8) is 0 Å². The summed E-state index contributed by atoms with van der Waals surface area (Å²) in [7, 11) is 1.75. The molecular formula is C21H23N3O4. The molecule has 4 rings (SSSR count). The Kier molecular flexibility index (Phi) is 4.66. The van der Waals surface area contributed by atoms with Crippen LogP contribution in [0.25, 0.3) is 5.69 Å². The Morgan fingerprint density at radius 1 is 1.18 bits per heavy atom. The SMILES string of the molecule is Cc1c(NC(=O)COC(=O)[C@@H]2C[C@H]3C=C[C@H]2C3)c(=O)n(-c2ccccc2)n1C. The van der Waals surface area contributed by atoms with E-state index in [4.69, 9.17) is 4.74 Å². The molecule has 1 amide bonds. The Morgan fingerprint density at radius 2 is 1.93 bits per heavy atom. The molecular weight excluding hydrogens is 358 g/mol. The highest BCUT2D eigenvalue weighted by Gasteiger charge is 2.40. The molecule has 3 atom stereocenters. The predicted molar refractivity (Wildman–Crippen MR) is 104 cm³/mol. The minimum atomic E-state index is -0.516. The number of fused-ring (bicyclic) bond motifs is 2. The number of ether oxygens (including phenoxy) is 1. The van der Waals surface area contributed by atoms with Crippen LogP contribution < -0.4 is 10.9 Å². The summed E-state index contributed by atoms with van der Waals surface area (Å²) in [5.74, 6) is -0.317. The number of carbonyl (C=O) groups excluding carboxylic acids is 2. The summed E-state index contributed by atoms with van der Waals surface area (Å²) in [5, 5.41) is 2.61. The van der Waals surface area contributed by atoms with Crippen LogP contribution >= 0.6 is 0 Å². The van der Waals surface area contributed by atoms with Gasteiger partial charge in [0.2, 0.25) is 0 Å². The van der Waals surface area contributed by atoms with Crippen molar-refractivity contribution < 1.29 is 14.3 Å². The number of anilines is 1. The van der Waals surface area contributed by atoms with Gasteiger partial charge in [0.15, 0.2) is 6.61 Å². The molecule has 1 heterocycles. The van der Waals surface area contributed by atoms with Crippen LogP contribution in [0.2, 0.25) is 0 Å². The molecule has 28 heavy (non-hydrogen) atoms. The molecule has 2 aromatic rings. The van der Waals surface area contributed by atoms with Crippen molar-refractivity contribution in [2.45, 2.75) is 19.8 Å². The highest BCUT2D eigenvalue weighted by molar-refractivity contribution is 5.93. The Balaban J connectivity index is 1.43. The topological polar surface area (TPSA) is 82.3 Å². The van der Waals surface area contributed by atoms with Crippen molar-refractivity contribution in [2.75, 3.05) is 11.9 Å². The van der Waals surface area contributed by atoms with Crippen LogP contribution in [0.3, 0.4) is 0 Å². The van der Waals surface area contributed by atoms with Gasteiger partial charge in [-0.05, 0) is 43.7 Å². The first-order chi connectivity index (χ1) is 13.5. The van der Waals surface area contributed by atoms with E-state index >= 15 is 0 Å². The van der Waals surface area contributed by atoms with E-state index < -0.39 is 12.5 Å². The fourth-order valence-electron chi connectivity index (χ4n) is 4.18. The lowest BCUT2D eigenvalue weighted by molar-refractivity contribution is -0.152. The smallest absolute Gasteiger partial charge is 0.310 e. The molecule has 0 unspecified atom stereocenters. The number of benzene rings is 1. The zero-order valence-corrected chi connectivity index (χ0v) is 15.9. The van der Waals surface area contributed by atoms with Gasteiger partial charge in [-0.25, -0.2) is 4.68 Å². The van der Waals surface area contributed by atoms with Crippen LogP contribution in [-0.2, 0) is 21.4 Å². The summed E-state index contributed by atoms with van der Waals surface area (Å²) in [6.07, 6.45) is 6.01. The maximum Gasteiger partial charge on any atom is 0.310 e. The van der Waals surface area contributed by atoms with Gasteiger partial charge in [-0.2, -0.15) is 0 Å². The van der Waals surface area contributed by atoms with Gasteiger partial charge in [-0.1, -0.05) is 30.4 Å². The van der Waals surface area contributed by atoms with E-state index in [2.05, 4.69) is 17.5 Å². The summed E-state index contributed by atoms with van der Waals surface area (Å²) in [5.41, 5.74) is 1.18. The number of para-hydroxylation sites is 1. The minimum Gasteiger partial charge on any atom is -0.455 e. The van der Waals surface area contributed by atoms with E-state index in [0.29, 0.717) is 17.3 Å². The van der Waals surface area contributed by atoms with Crippen LogP contribution in [0.5, 0.6) is 0 Å². The molecule has 7 nitrogen and oxygen atoms in total. The lowest BCUT2D eigenvalue weighted by Gasteiger charge is -2.16. The number of rotatable bonds is 5. The quantitative estimate of drug-likeness (QED) is 0.636. The van der Waals surface area contributed by atoms with E-state index in [1.807, 2.05) is 30.3 Å². The third-order valence-corrected chi connectivity index (χ3v) is 5.75. The van der Waals surface area contributed by atoms with E-state index in [0.717, 1.165) is 12.8 Å². The van der Waals surface area contributed by atoms with Crippen molar-refractivity contribution in [1.82, 2.24) is 9.36 Å². The number of aromatic nitrogens is 2. The number of esters is 1. The van der Waals surface area contributed by atoms with Gasteiger partial charge in [0, 0.05) is 7.05 Å². The van der Waals surface area contributed by atoms with Crippen LogP contribution in [0.15, 0.2) is 47.3 Å². The van der Waals surface area contributed by atoms with Gasteiger partial charge in [0.05, 0.1) is 17.3 Å². The molecule has 7 heteroatoms. The van der Waals surface area contributed by atoms with Gasteiger partial charge in [-0.15, -0.1) is 0 Å². The minimum absolute atomic E-state index is 0.156. The Hall–Kier alpha value is -3.09. The van der Waals surface area contributed by atoms with Gasteiger partial charge in [0.1, 0.15) is 5.69 Å². The van der Waals surface area contributed by atoms with Crippen LogP contribution in [-0.4, -0.2) is 27.8 Å². The Morgan fingerprint density at radius 3 is 2.57 bits per heavy atom. The molecule has 2 bridgehead atoms. The average Bonchev–Trinajstić information content (AvgIpc) is 3.38. The monoisotopic (exact) mass is 381 g/mol. The van der Waals surface area contributed by atoms with E-state index in [1.165, 1.54) is 4.68 Å². The second kappa shape index (κ2) is 7.14. The molecule has 0 radical (unpaired) electrons. The summed E-state index contributed by atoms with van der Waals surface area (Å²) in [6, 6.07) is 9.18. The fraction of sp³-hybridized carbons (Fsp3) is 0.381. The fourth-order valence-corrected chi connectivity index (χ4v) is 4.18. The molecule has 2 aliphatic carbocycles. The van der Waals surface area contributed by atoms with Crippen molar-refractivity contribution in [2.24, 2.45) is 24.8 Å². The lowest BCUT2D eigenvalue weighted by atomic mass is 9.94. The van der Waals surface area contributed by atoms with E-state index in [9.17, 15) is 14.4 Å². The highest BCUT2D eigenvalue weighted by Crippen LogP contribution is 2.43. The normalized spacial score (nSPS) is 22.4. The highest BCUT2D eigenvalue weighted by atomic mass is 16.5. The van der Waals surface area contributed by atoms with E-state index in [1.54, 1.807) is 18.7 Å². The molecule has 0 saturated heterocycles.